The first-order chi connectivity index (χ1) is 7.77. The van der Waals surface area contributed by atoms with E-state index < -0.39 is 0 Å². The number of hydrogen-bond acceptors (Lipinski definition) is 3. The van der Waals surface area contributed by atoms with E-state index in [2.05, 4.69) is 26.6 Å². The van der Waals surface area contributed by atoms with Gasteiger partial charge in [-0.25, -0.2) is 0 Å². The van der Waals surface area contributed by atoms with Gasteiger partial charge >= 0.3 is 0 Å². The normalized spacial score (nSPS) is 19.5. The minimum Gasteiger partial charge on any atom is -0.350 e. The summed E-state index contributed by atoms with van der Waals surface area (Å²) in [5, 5.41) is 8.24. The maximum absolute atomic E-state index is 11.8. The number of carbonyl (C=O) groups is 1. The number of halogens is 2. The lowest BCUT2D eigenvalue weighted by molar-refractivity contribution is -0.123. The fourth-order valence-electron chi connectivity index (χ4n) is 1.82. The fraction of sp³-hybridized carbons (Fsp3) is 0.545. The Kier molecular flexibility index (Phi) is 6.48. The fourth-order valence-corrected chi connectivity index (χ4v) is 3.25. The topological polar surface area (TPSA) is 41.1 Å². The van der Waals surface area contributed by atoms with Crippen LogP contribution in [0.4, 0.5) is 0 Å². The molecule has 0 unspecified atom stereocenters. The zero-order valence-corrected chi connectivity index (χ0v) is 12.6. The van der Waals surface area contributed by atoms with Gasteiger partial charge in [-0.3, -0.25) is 4.79 Å². The number of carbonyl (C=O) groups excluding carboxylic acids is 1. The molecular formula is C11H16BrClN2OS. The monoisotopic (exact) mass is 338 g/mol. The molecule has 17 heavy (non-hydrogen) atoms. The highest BCUT2D eigenvalue weighted by Gasteiger charge is 2.20. The van der Waals surface area contributed by atoms with Gasteiger partial charge in [-0.1, -0.05) is 6.42 Å². The Labute approximate surface area is 120 Å². The van der Waals surface area contributed by atoms with Crippen molar-refractivity contribution in [1.82, 2.24) is 10.6 Å². The first-order valence-electron chi connectivity index (χ1n) is 5.50. The van der Waals surface area contributed by atoms with Crippen LogP contribution in [0.15, 0.2) is 15.9 Å². The van der Waals surface area contributed by atoms with E-state index in [0.29, 0.717) is 6.54 Å². The van der Waals surface area contributed by atoms with Crippen molar-refractivity contribution in [3.63, 3.8) is 0 Å². The zero-order chi connectivity index (χ0) is 11.4. The second-order valence-corrected chi connectivity index (χ2v) is 5.77. The van der Waals surface area contributed by atoms with Gasteiger partial charge in [-0.05, 0) is 46.8 Å². The lowest BCUT2D eigenvalue weighted by Crippen LogP contribution is -2.46. The summed E-state index contributed by atoms with van der Waals surface area (Å²) in [6.07, 6.45) is 3.28. The van der Waals surface area contributed by atoms with Gasteiger partial charge in [0, 0.05) is 9.35 Å². The molecule has 1 aromatic heterocycles. The van der Waals surface area contributed by atoms with Gasteiger partial charge in [0.1, 0.15) is 0 Å². The Morgan fingerprint density at radius 1 is 1.59 bits per heavy atom. The molecule has 96 valence electrons. The molecule has 1 saturated heterocycles. The molecule has 2 rings (SSSR count). The molecule has 1 fully saturated rings. The Hall–Kier alpha value is -0.100. The molecular weight excluding hydrogens is 324 g/mol. The van der Waals surface area contributed by atoms with Gasteiger partial charge in [-0.15, -0.1) is 23.7 Å². The molecule has 6 heteroatoms. The van der Waals surface area contributed by atoms with Crippen LogP contribution < -0.4 is 10.6 Å². The molecule has 1 aliphatic heterocycles. The standard InChI is InChI=1S/C11H15BrN2OS.ClH/c12-8-4-6-16-10(8)7-14-11(15)9-3-1-2-5-13-9;/h4,6,9,13H,1-3,5,7H2,(H,14,15);1H/t9-;/m1./s1. The van der Waals surface area contributed by atoms with Crippen molar-refractivity contribution in [2.24, 2.45) is 0 Å². The maximum atomic E-state index is 11.8. The van der Waals surface area contributed by atoms with Gasteiger partial charge in [0.15, 0.2) is 0 Å². The molecule has 1 aliphatic rings. The molecule has 0 saturated carbocycles. The van der Waals surface area contributed by atoms with E-state index in [9.17, 15) is 4.79 Å². The van der Waals surface area contributed by atoms with Crippen molar-refractivity contribution in [2.75, 3.05) is 6.54 Å². The lowest BCUT2D eigenvalue weighted by Gasteiger charge is -2.22. The SMILES string of the molecule is Cl.O=C(NCc1sccc1Br)[C@H]1CCCCN1. The predicted octanol–water partition coefficient (Wildman–Crippen LogP) is 2.69. The summed E-state index contributed by atoms with van der Waals surface area (Å²) in [7, 11) is 0. The van der Waals surface area contributed by atoms with Gasteiger partial charge in [0.2, 0.25) is 5.91 Å². The molecule has 2 N–H and O–H groups in total. The molecule has 0 aromatic carbocycles. The summed E-state index contributed by atoms with van der Waals surface area (Å²) in [5.74, 6) is 0.125. The molecule has 0 radical (unpaired) electrons. The van der Waals surface area contributed by atoms with Crippen molar-refractivity contribution in [3.8, 4) is 0 Å². The van der Waals surface area contributed by atoms with Crippen LogP contribution in [-0.2, 0) is 11.3 Å². The van der Waals surface area contributed by atoms with Crippen molar-refractivity contribution >= 4 is 45.6 Å². The second kappa shape index (κ2) is 7.36. The average Bonchev–Trinajstić information content (AvgIpc) is 2.73. The van der Waals surface area contributed by atoms with Crippen LogP contribution in [0.2, 0.25) is 0 Å². The van der Waals surface area contributed by atoms with Crippen LogP contribution in [-0.4, -0.2) is 18.5 Å². The van der Waals surface area contributed by atoms with Crippen molar-refractivity contribution in [2.45, 2.75) is 31.8 Å². The molecule has 1 aromatic rings. The highest BCUT2D eigenvalue weighted by molar-refractivity contribution is 9.10. The highest BCUT2D eigenvalue weighted by Crippen LogP contribution is 2.22. The van der Waals surface area contributed by atoms with Crippen LogP contribution in [0.25, 0.3) is 0 Å². The quantitative estimate of drug-likeness (QED) is 0.889. The highest BCUT2D eigenvalue weighted by atomic mass is 79.9. The van der Waals surface area contributed by atoms with E-state index in [1.807, 2.05) is 11.4 Å². The number of nitrogens with one attached hydrogen (secondary N) is 2. The van der Waals surface area contributed by atoms with Crippen molar-refractivity contribution in [3.05, 3.63) is 20.8 Å². The summed E-state index contributed by atoms with van der Waals surface area (Å²) in [4.78, 5) is 13.0. The Balaban J connectivity index is 0.00000144. The number of piperidine rings is 1. The maximum Gasteiger partial charge on any atom is 0.237 e. The summed E-state index contributed by atoms with van der Waals surface area (Å²) in [6, 6.07) is 2.01. The van der Waals surface area contributed by atoms with Crippen molar-refractivity contribution in [1.29, 1.82) is 0 Å². The summed E-state index contributed by atoms with van der Waals surface area (Å²) < 4.78 is 1.08. The largest absolute Gasteiger partial charge is 0.350 e. The van der Waals surface area contributed by atoms with Crippen LogP contribution in [0.5, 0.6) is 0 Å². The Morgan fingerprint density at radius 2 is 2.41 bits per heavy atom. The first kappa shape index (κ1) is 15.0. The smallest absolute Gasteiger partial charge is 0.237 e. The van der Waals surface area contributed by atoms with Crippen molar-refractivity contribution < 1.29 is 4.79 Å². The average molecular weight is 340 g/mol. The molecule has 3 nitrogen and oxygen atoms in total. The predicted molar refractivity (Wildman–Crippen MR) is 76.8 cm³/mol. The van der Waals surface area contributed by atoms with Gasteiger partial charge in [-0.2, -0.15) is 0 Å². The third kappa shape index (κ3) is 4.25. The minimum atomic E-state index is 0. The van der Waals surface area contributed by atoms with E-state index in [1.54, 1.807) is 11.3 Å². The van der Waals surface area contributed by atoms with E-state index in [-0.39, 0.29) is 24.4 Å². The third-order valence-corrected chi connectivity index (χ3v) is 4.67. The van der Waals surface area contributed by atoms with Gasteiger partial charge in [0.25, 0.3) is 0 Å². The number of amides is 1. The lowest BCUT2D eigenvalue weighted by atomic mass is 10.0. The van der Waals surface area contributed by atoms with Gasteiger partial charge < -0.3 is 10.6 Å². The second-order valence-electron chi connectivity index (χ2n) is 3.91. The van der Waals surface area contributed by atoms with Crippen LogP contribution in [0.3, 0.4) is 0 Å². The Bertz CT molecular complexity index is 366. The van der Waals surface area contributed by atoms with Crippen LogP contribution in [0, 0.1) is 0 Å². The Morgan fingerprint density at radius 3 is 3.00 bits per heavy atom. The molecule has 1 atom stereocenters. The summed E-state index contributed by atoms with van der Waals surface area (Å²) >= 11 is 5.11. The van der Waals surface area contributed by atoms with Crippen LogP contribution >= 0.6 is 39.7 Å². The van der Waals surface area contributed by atoms with Crippen LogP contribution in [0.1, 0.15) is 24.1 Å². The molecule has 0 bridgehead atoms. The number of rotatable bonds is 3. The molecule has 0 spiro atoms. The van der Waals surface area contributed by atoms with E-state index in [1.165, 1.54) is 11.3 Å². The van der Waals surface area contributed by atoms with E-state index in [0.717, 1.165) is 23.9 Å². The third-order valence-electron chi connectivity index (χ3n) is 2.74. The van der Waals surface area contributed by atoms with Gasteiger partial charge in [0.05, 0.1) is 12.6 Å². The minimum absolute atomic E-state index is 0. The van der Waals surface area contributed by atoms with E-state index >= 15 is 0 Å². The zero-order valence-electron chi connectivity index (χ0n) is 9.37. The number of thiophene rings is 1. The van der Waals surface area contributed by atoms with E-state index in [4.69, 9.17) is 0 Å². The molecule has 2 heterocycles. The first-order valence-corrected chi connectivity index (χ1v) is 7.17. The molecule has 0 aliphatic carbocycles. The summed E-state index contributed by atoms with van der Waals surface area (Å²) in [5.41, 5.74) is 0. The number of hydrogen-bond donors (Lipinski definition) is 2. The molecule has 1 amide bonds. The summed E-state index contributed by atoms with van der Waals surface area (Å²) in [6.45, 7) is 1.58.